The van der Waals surface area contributed by atoms with Gasteiger partial charge in [0.2, 0.25) is 0 Å². The third-order valence-corrected chi connectivity index (χ3v) is 3.00. The second-order valence-corrected chi connectivity index (χ2v) is 4.07. The molecule has 14 heavy (non-hydrogen) atoms. The summed E-state index contributed by atoms with van der Waals surface area (Å²) in [5, 5.41) is 0. The van der Waals surface area contributed by atoms with Crippen LogP contribution >= 0.6 is 0 Å². The van der Waals surface area contributed by atoms with E-state index in [2.05, 4.69) is 21.9 Å². The minimum atomic E-state index is 0.507. The van der Waals surface area contributed by atoms with Crippen molar-refractivity contribution in [3.05, 3.63) is 17.7 Å². The molecular formula is C10H18N4. The molecule has 0 atom stereocenters. The molecule has 0 spiro atoms. The van der Waals surface area contributed by atoms with Gasteiger partial charge in [-0.25, -0.2) is 4.98 Å². The van der Waals surface area contributed by atoms with Crippen LogP contribution in [0.4, 0.5) is 0 Å². The molecule has 2 heterocycles. The van der Waals surface area contributed by atoms with Gasteiger partial charge in [-0.05, 0) is 33.0 Å². The average Bonchev–Trinajstić information content (AvgIpc) is 2.67. The van der Waals surface area contributed by atoms with Crippen LogP contribution in [0.5, 0.6) is 0 Å². The molecule has 1 saturated heterocycles. The monoisotopic (exact) mass is 194 g/mol. The van der Waals surface area contributed by atoms with Crippen LogP contribution in [0.3, 0.4) is 0 Å². The molecule has 1 aromatic rings. The lowest BCUT2D eigenvalue weighted by atomic mass is 9.94. The first-order valence-electron chi connectivity index (χ1n) is 5.22. The molecule has 0 aromatic carbocycles. The Kier molecular flexibility index (Phi) is 2.84. The predicted octanol–water partition coefficient (Wildman–Crippen LogP) is 0.678. The van der Waals surface area contributed by atoms with E-state index in [0.717, 1.165) is 5.82 Å². The van der Waals surface area contributed by atoms with Gasteiger partial charge in [-0.2, -0.15) is 0 Å². The number of aromatic amines is 1. The molecule has 4 heteroatoms. The van der Waals surface area contributed by atoms with Crippen molar-refractivity contribution in [1.29, 1.82) is 0 Å². The number of hydrogen-bond donors (Lipinski definition) is 2. The van der Waals surface area contributed by atoms with Gasteiger partial charge in [-0.15, -0.1) is 0 Å². The van der Waals surface area contributed by atoms with Crippen molar-refractivity contribution in [3.63, 3.8) is 0 Å². The van der Waals surface area contributed by atoms with E-state index in [1.54, 1.807) is 0 Å². The molecule has 0 bridgehead atoms. The van der Waals surface area contributed by atoms with Gasteiger partial charge in [0.25, 0.3) is 0 Å². The van der Waals surface area contributed by atoms with E-state index in [-0.39, 0.29) is 0 Å². The van der Waals surface area contributed by atoms with Gasteiger partial charge in [0.05, 0.1) is 6.54 Å². The largest absolute Gasteiger partial charge is 0.345 e. The summed E-state index contributed by atoms with van der Waals surface area (Å²) in [5.41, 5.74) is 6.78. The Morgan fingerprint density at radius 1 is 1.57 bits per heavy atom. The number of nitrogens with zero attached hydrogens (tertiary/aromatic N) is 2. The van der Waals surface area contributed by atoms with E-state index in [1.807, 2.05) is 6.20 Å². The first-order valence-corrected chi connectivity index (χ1v) is 5.22. The Balaban J connectivity index is 2.01. The summed E-state index contributed by atoms with van der Waals surface area (Å²) in [6.45, 7) is 2.87. The van der Waals surface area contributed by atoms with Crippen LogP contribution in [0.15, 0.2) is 6.20 Å². The minimum Gasteiger partial charge on any atom is -0.345 e. The number of rotatable bonds is 2. The fraction of sp³-hybridized carbons (Fsp3) is 0.700. The van der Waals surface area contributed by atoms with Gasteiger partial charge in [-0.1, -0.05) is 0 Å². The number of imidazole rings is 1. The van der Waals surface area contributed by atoms with Crippen molar-refractivity contribution >= 4 is 0 Å². The second-order valence-electron chi connectivity index (χ2n) is 4.07. The van der Waals surface area contributed by atoms with E-state index >= 15 is 0 Å². The molecule has 0 amide bonds. The lowest BCUT2D eigenvalue weighted by molar-refractivity contribution is 0.253. The van der Waals surface area contributed by atoms with Crippen molar-refractivity contribution in [2.45, 2.75) is 25.3 Å². The van der Waals surface area contributed by atoms with Crippen LogP contribution in [-0.4, -0.2) is 35.0 Å². The molecule has 0 saturated carbocycles. The van der Waals surface area contributed by atoms with Crippen LogP contribution in [-0.2, 0) is 6.54 Å². The van der Waals surface area contributed by atoms with Crippen molar-refractivity contribution in [3.8, 4) is 0 Å². The average molecular weight is 194 g/mol. The zero-order valence-electron chi connectivity index (χ0n) is 8.66. The molecule has 1 aliphatic heterocycles. The van der Waals surface area contributed by atoms with Crippen molar-refractivity contribution in [1.82, 2.24) is 14.9 Å². The van der Waals surface area contributed by atoms with E-state index in [0.29, 0.717) is 12.5 Å². The van der Waals surface area contributed by atoms with Gasteiger partial charge >= 0.3 is 0 Å². The maximum absolute atomic E-state index is 5.51. The molecule has 3 N–H and O–H groups in total. The Bertz CT molecular complexity index is 286. The van der Waals surface area contributed by atoms with E-state index < -0.39 is 0 Å². The molecule has 0 aliphatic carbocycles. The van der Waals surface area contributed by atoms with Gasteiger partial charge in [-0.3, -0.25) is 0 Å². The Labute approximate surface area is 84.5 Å². The molecule has 4 nitrogen and oxygen atoms in total. The number of nitrogens with one attached hydrogen (secondary N) is 1. The van der Waals surface area contributed by atoms with E-state index in [4.69, 9.17) is 5.73 Å². The lowest BCUT2D eigenvalue weighted by Crippen LogP contribution is -2.29. The zero-order chi connectivity index (χ0) is 9.97. The van der Waals surface area contributed by atoms with Gasteiger partial charge in [0.1, 0.15) is 5.82 Å². The Morgan fingerprint density at radius 2 is 2.29 bits per heavy atom. The first-order chi connectivity index (χ1) is 6.79. The first kappa shape index (κ1) is 9.68. The van der Waals surface area contributed by atoms with Gasteiger partial charge in [0, 0.05) is 17.8 Å². The molecule has 1 fully saturated rings. The topological polar surface area (TPSA) is 57.9 Å². The highest BCUT2D eigenvalue weighted by atomic mass is 15.1. The van der Waals surface area contributed by atoms with E-state index in [1.165, 1.54) is 31.6 Å². The maximum Gasteiger partial charge on any atom is 0.120 e. The number of hydrogen-bond acceptors (Lipinski definition) is 3. The molecule has 78 valence electrons. The number of aromatic nitrogens is 2. The number of H-pyrrole nitrogens is 1. The van der Waals surface area contributed by atoms with E-state index in [9.17, 15) is 0 Å². The molecule has 0 unspecified atom stereocenters. The maximum atomic E-state index is 5.51. The van der Waals surface area contributed by atoms with Crippen molar-refractivity contribution < 1.29 is 0 Å². The number of piperidine rings is 1. The lowest BCUT2D eigenvalue weighted by Gasteiger charge is -2.28. The fourth-order valence-electron chi connectivity index (χ4n) is 2.01. The normalized spacial score (nSPS) is 20.1. The van der Waals surface area contributed by atoms with Gasteiger partial charge < -0.3 is 15.6 Å². The molecule has 0 radical (unpaired) electrons. The Morgan fingerprint density at radius 3 is 2.86 bits per heavy atom. The zero-order valence-corrected chi connectivity index (χ0v) is 8.66. The minimum absolute atomic E-state index is 0.507. The highest BCUT2D eigenvalue weighted by Crippen LogP contribution is 2.25. The van der Waals surface area contributed by atoms with Crippen molar-refractivity contribution in [2.75, 3.05) is 20.1 Å². The van der Waals surface area contributed by atoms with Crippen molar-refractivity contribution in [2.24, 2.45) is 5.73 Å². The smallest absolute Gasteiger partial charge is 0.120 e. The van der Waals surface area contributed by atoms with Crippen LogP contribution in [0.1, 0.15) is 30.3 Å². The number of nitrogens with two attached hydrogens (primary N) is 1. The molecule has 2 rings (SSSR count). The highest BCUT2D eigenvalue weighted by molar-refractivity contribution is 5.08. The quantitative estimate of drug-likeness (QED) is 0.728. The predicted molar refractivity (Wildman–Crippen MR) is 56.0 cm³/mol. The summed E-state index contributed by atoms with van der Waals surface area (Å²) >= 11 is 0. The van der Waals surface area contributed by atoms with Crippen LogP contribution in [0, 0.1) is 0 Å². The summed E-state index contributed by atoms with van der Waals surface area (Å²) in [6, 6.07) is 0. The number of likely N-dealkylation sites (tertiary alicyclic amines) is 1. The SMILES string of the molecule is CN1CCC(c2cnc(CN)[nH]2)CC1. The third kappa shape index (κ3) is 1.96. The highest BCUT2D eigenvalue weighted by Gasteiger charge is 2.19. The summed E-state index contributed by atoms with van der Waals surface area (Å²) in [5.74, 6) is 1.55. The molecular weight excluding hydrogens is 176 g/mol. The Hall–Kier alpha value is -0.870. The summed E-state index contributed by atoms with van der Waals surface area (Å²) < 4.78 is 0. The van der Waals surface area contributed by atoms with Crippen LogP contribution < -0.4 is 5.73 Å². The molecule has 1 aliphatic rings. The molecule has 1 aromatic heterocycles. The van der Waals surface area contributed by atoms with Gasteiger partial charge in [0.15, 0.2) is 0 Å². The second kappa shape index (κ2) is 4.11. The standard InChI is InChI=1S/C10H18N4/c1-14-4-2-8(3-5-14)9-7-12-10(6-11)13-9/h7-8H,2-6,11H2,1H3,(H,12,13). The fourth-order valence-corrected chi connectivity index (χ4v) is 2.01. The van der Waals surface area contributed by atoms with Crippen LogP contribution in [0.25, 0.3) is 0 Å². The van der Waals surface area contributed by atoms with Crippen LogP contribution in [0.2, 0.25) is 0 Å². The summed E-state index contributed by atoms with van der Waals surface area (Å²) in [4.78, 5) is 9.90. The third-order valence-electron chi connectivity index (χ3n) is 3.00. The summed E-state index contributed by atoms with van der Waals surface area (Å²) in [7, 11) is 2.18. The summed E-state index contributed by atoms with van der Waals surface area (Å²) in [6.07, 6.45) is 4.39.